The summed E-state index contributed by atoms with van der Waals surface area (Å²) in [6, 6.07) is 33.1. The van der Waals surface area contributed by atoms with Crippen molar-refractivity contribution >= 4 is 8.69 Å². The van der Waals surface area contributed by atoms with Gasteiger partial charge in [-0.2, -0.15) is 17.7 Å². The molecule has 11 heteroatoms. The molecule has 0 aliphatic rings. The van der Waals surface area contributed by atoms with E-state index in [1.807, 2.05) is 68.4 Å². The molecule has 6 aromatic rings. The third-order valence-electron chi connectivity index (χ3n) is 8.17. The molecule has 3 aromatic heterocycles. The Hall–Kier alpha value is -5.15. The van der Waals surface area contributed by atoms with E-state index in [0.29, 0.717) is 5.82 Å². The molecule has 0 amide bonds. The molecule has 3 heterocycles. The average molecular weight is 757 g/mol. The van der Waals surface area contributed by atoms with Crippen molar-refractivity contribution in [3.63, 3.8) is 0 Å². The number of hydrogen-bond donors (Lipinski definition) is 0. The molecule has 0 unspecified atom stereocenters. The highest BCUT2D eigenvalue weighted by atomic mass is 31.1. The van der Waals surface area contributed by atoms with Crippen molar-refractivity contribution in [1.82, 2.24) is 9.97 Å². The van der Waals surface area contributed by atoms with Crippen molar-refractivity contribution in [2.75, 3.05) is 13.2 Å². The first-order chi connectivity index (χ1) is 25.2. The molecule has 0 bridgehead atoms. The molecule has 54 heavy (non-hydrogen) atoms. The normalized spacial score (nSPS) is 10.9. The Kier molecular flexibility index (Phi) is 16.8. The van der Waals surface area contributed by atoms with E-state index in [1.165, 1.54) is 12.4 Å². The number of halogens is 3. The second-order valence-electron chi connectivity index (χ2n) is 11.7. The van der Waals surface area contributed by atoms with Crippen LogP contribution in [0.1, 0.15) is 41.2 Å². The highest BCUT2D eigenvalue weighted by molar-refractivity contribution is 7.17. The van der Waals surface area contributed by atoms with Crippen LogP contribution in [0.25, 0.3) is 56.2 Å². The Morgan fingerprint density at radius 2 is 1.00 bits per heavy atom. The summed E-state index contributed by atoms with van der Waals surface area (Å²) in [4.78, 5) is 9.85. The van der Waals surface area contributed by atoms with Gasteiger partial charge in [0, 0.05) is 54.2 Å². The van der Waals surface area contributed by atoms with Gasteiger partial charge in [-0.3, -0.25) is 4.52 Å². The molecule has 0 aliphatic heterocycles. The largest absolute Gasteiger partial charge is 0.448 e. The maximum atomic E-state index is 12.8. The summed E-state index contributed by atoms with van der Waals surface area (Å²) in [7, 11) is -0.372. The van der Waals surface area contributed by atoms with Crippen LogP contribution < -0.4 is 9.13 Å². The molecule has 6 rings (SSSR count). The van der Waals surface area contributed by atoms with Crippen LogP contribution in [0.15, 0.2) is 128 Å². The Morgan fingerprint density at radius 3 is 1.39 bits per heavy atom. The molecule has 0 atom stereocenters. The van der Waals surface area contributed by atoms with Gasteiger partial charge in [-0.15, -0.1) is 0 Å². The number of nitrogens with zero attached hydrogens (tertiary/aromatic N) is 4. The molecule has 0 fully saturated rings. The predicted octanol–water partition coefficient (Wildman–Crippen LogP) is 11.0. The number of hydrogen-bond acceptors (Lipinski definition) is 5. The maximum Gasteiger partial charge on any atom is 0.448 e. The molecule has 0 N–H and O–H groups in total. The van der Waals surface area contributed by atoms with E-state index < -0.39 is 12.7 Å². The molecular weight excluding hydrogens is 708 g/mol. The smallest absolute Gasteiger partial charge is 0.382 e. The predicted molar refractivity (Wildman–Crippen MR) is 209 cm³/mol. The first-order valence-corrected chi connectivity index (χ1v) is 17.7. The SMILES string of the molecule is C.C.CCOCC.CC[n+]1ccc(-c2ccc(-c3cc(-c4ccc(-c5cc[n+](CC(F)(F)F)cc5)cc4)nc(-c4ccc(COP=O)cc4)n3)cc2)cc1. The van der Waals surface area contributed by atoms with Crippen molar-refractivity contribution in [1.29, 1.82) is 0 Å². The number of ether oxygens (including phenoxy) is 1. The van der Waals surface area contributed by atoms with Gasteiger partial charge >= 0.3 is 14.9 Å². The second-order valence-corrected chi connectivity index (χ2v) is 12.1. The summed E-state index contributed by atoms with van der Waals surface area (Å²) in [5.74, 6) is 0.546. The van der Waals surface area contributed by atoms with Crippen LogP contribution in [-0.4, -0.2) is 29.4 Å². The van der Waals surface area contributed by atoms with Gasteiger partial charge in [0.25, 0.3) is 0 Å². The number of alkyl halides is 3. The molecule has 0 spiro atoms. The topological polar surface area (TPSA) is 69.1 Å². The van der Waals surface area contributed by atoms with Crippen LogP contribution in [0.4, 0.5) is 13.2 Å². The number of benzene rings is 3. The van der Waals surface area contributed by atoms with Crippen molar-refractivity contribution in [3.8, 4) is 56.2 Å². The highest BCUT2D eigenvalue weighted by Gasteiger charge is 2.33. The van der Waals surface area contributed by atoms with Gasteiger partial charge in [-0.1, -0.05) is 87.6 Å². The summed E-state index contributed by atoms with van der Waals surface area (Å²) in [5, 5.41) is 0. The summed E-state index contributed by atoms with van der Waals surface area (Å²) >= 11 is 0. The summed E-state index contributed by atoms with van der Waals surface area (Å²) < 4.78 is 62.1. The molecule has 0 aliphatic carbocycles. The minimum absolute atomic E-state index is 0. The third-order valence-corrected chi connectivity index (χ3v) is 8.40. The number of pyridine rings is 2. The van der Waals surface area contributed by atoms with Gasteiger partial charge in [0.15, 0.2) is 30.6 Å². The van der Waals surface area contributed by atoms with E-state index in [0.717, 1.165) is 80.2 Å². The highest BCUT2D eigenvalue weighted by Crippen LogP contribution is 2.31. The van der Waals surface area contributed by atoms with E-state index in [2.05, 4.69) is 60.3 Å². The lowest BCUT2D eigenvalue weighted by Crippen LogP contribution is -2.40. The van der Waals surface area contributed by atoms with Gasteiger partial charge in [0.2, 0.25) is 6.54 Å². The van der Waals surface area contributed by atoms with Gasteiger partial charge in [0.1, 0.15) is 6.54 Å². The zero-order valence-corrected chi connectivity index (χ0v) is 30.1. The fourth-order valence-electron chi connectivity index (χ4n) is 5.42. The van der Waals surface area contributed by atoms with Crippen molar-refractivity contribution in [2.24, 2.45) is 0 Å². The van der Waals surface area contributed by atoms with Crippen LogP contribution >= 0.6 is 8.69 Å². The standard InChI is InChI=1S/C37H30F3N4O2P.C4H10O.2CH4/c1-2-43-19-15-29(16-20-43)27-7-11-31(12-8-27)34-23-35(42-36(41-34)33-5-3-26(4-6-33)24-46-47-45)32-13-9-28(10-14-32)30-17-21-44(22-18-30)25-37(38,39)40;1-3-5-4-2;;/h3-23H,2,24-25H2,1H3;3-4H2,1-2H3;2*1H4/q+2;;;. The van der Waals surface area contributed by atoms with E-state index in [9.17, 15) is 17.7 Å². The molecular formula is C43H48F3N4O3P+2. The Bertz CT molecular complexity index is 2020. The molecule has 7 nitrogen and oxygen atoms in total. The number of aromatic nitrogens is 4. The van der Waals surface area contributed by atoms with Crippen molar-refractivity contribution < 1.29 is 36.1 Å². The molecule has 0 saturated heterocycles. The van der Waals surface area contributed by atoms with E-state index in [-0.39, 0.29) is 30.1 Å². The van der Waals surface area contributed by atoms with Crippen LogP contribution in [0.3, 0.4) is 0 Å². The maximum absolute atomic E-state index is 12.8. The monoisotopic (exact) mass is 756 g/mol. The molecule has 282 valence electrons. The first-order valence-electron chi connectivity index (χ1n) is 17.0. The zero-order chi connectivity index (χ0) is 36.9. The average Bonchev–Trinajstić information content (AvgIpc) is 3.17. The van der Waals surface area contributed by atoms with E-state index >= 15 is 0 Å². The van der Waals surface area contributed by atoms with Gasteiger partial charge in [0.05, 0.1) is 18.0 Å². The quantitative estimate of drug-likeness (QED) is 0.0919. The Labute approximate surface area is 318 Å². The second kappa shape index (κ2) is 20.9. The summed E-state index contributed by atoms with van der Waals surface area (Å²) in [5.41, 5.74) is 8.87. The van der Waals surface area contributed by atoms with Gasteiger partial charge in [-0.25, -0.2) is 19.1 Å². The van der Waals surface area contributed by atoms with Crippen LogP contribution in [-0.2, 0) is 33.5 Å². The van der Waals surface area contributed by atoms with Crippen molar-refractivity contribution in [2.45, 2.75) is 61.5 Å². The van der Waals surface area contributed by atoms with Crippen LogP contribution in [0.2, 0.25) is 0 Å². The number of aryl methyl sites for hydroxylation is 1. The minimum atomic E-state index is -4.28. The van der Waals surface area contributed by atoms with Gasteiger partial charge in [-0.05, 0) is 54.7 Å². The van der Waals surface area contributed by atoms with E-state index in [1.54, 1.807) is 12.1 Å². The van der Waals surface area contributed by atoms with Gasteiger partial charge < -0.3 is 4.74 Å². The lowest BCUT2D eigenvalue weighted by atomic mass is 10.0. The molecule has 3 aromatic carbocycles. The fraction of sp³-hybridized carbons (Fsp3) is 0.256. The van der Waals surface area contributed by atoms with Crippen LogP contribution in [0.5, 0.6) is 0 Å². The minimum Gasteiger partial charge on any atom is -0.382 e. The summed E-state index contributed by atoms with van der Waals surface area (Å²) in [6.45, 7) is 7.87. The fourth-order valence-corrected chi connectivity index (χ4v) is 5.62. The molecule has 0 radical (unpaired) electrons. The molecule has 0 saturated carbocycles. The zero-order valence-electron chi connectivity index (χ0n) is 29.3. The Balaban J connectivity index is 0.00000105. The lowest BCUT2D eigenvalue weighted by molar-refractivity contribution is -0.719. The number of rotatable bonds is 12. The van der Waals surface area contributed by atoms with Crippen LogP contribution in [0, 0.1) is 0 Å². The van der Waals surface area contributed by atoms with Crippen molar-refractivity contribution in [3.05, 3.63) is 133 Å². The third kappa shape index (κ3) is 12.2. The Morgan fingerprint density at radius 1 is 0.593 bits per heavy atom. The summed E-state index contributed by atoms with van der Waals surface area (Å²) in [6.07, 6.45) is 2.72. The lowest BCUT2D eigenvalue weighted by Gasteiger charge is -2.11. The first kappa shape index (κ1) is 43.3. The van der Waals surface area contributed by atoms with E-state index in [4.69, 9.17) is 19.2 Å².